The van der Waals surface area contributed by atoms with Gasteiger partial charge in [0.15, 0.2) is 0 Å². The number of rotatable bonds is 5. The Morgan fingerprint density at radius 1 is 1.14 bits per heavy atom. The van der Waals surface area contributed by atoms with Gasteiger partial charge in [-0.1, -0.05) is 19.9 Å². The van der Waals surface area contributed by atoms with Gasteiger partial charge in [-0.2, -0.15) is 0 Å². The fraction of sp³-hybridized carbons (Fsp3) is 0.440. The van der Waals surface area contributed by atoms with E-state index in [0.29, 0.717) is 18.4 Å². The van der Waals surface area contributed by atoms with E-state index in [9.17, 15) is 4.79 Å². The number of nitrogens with zero attached hydrogens (tertiary/aromatic N) is 2. The molecule has 1 aromatic carbocycles. The second-order valence-corrected chi connectivity index (χ2v) is 8.75. The Kier molecular flexibility index (Phi) is 5.55. The molecular weight excluding hydrogens is 358 g/mol. The molecule has 1 fully saturated rings. The van der Waals surface area contributed by atoms with E-state index < -0.39 is 0 Å². The smallest absolute Gasteiger partial charge is 0.133 e. The third kappa shape index (κ3) is 3.99. The van der Waals surface area contributed by atoms with Crippen LogP contribution in [0.4, 0.5) is 0 Å². The number of carbonyl (C=O) groups is 1. The quantitative estimate of drug-likeness (QED) is 0.599. The van der Waals surface area contributed by atoms with Crippen molar-refractivity contribution >= 4 is 17.2 Å². The number of hydrogen-bond donors (Lipinski definition) is 1. The number of nitrogens with one attached hydrogen (secondary N) is 1. The topological polar surface area (TPSA) is 49.0 Å². The summed E-state index contributed by atoms with van der Waals surface area (Å²) in [5.74, 6) is 1.00. The molecule has 3 aromatic rings. The summed E-state index contributed by atoms with van der Waals surface area (Å²) < 4.78 is 0. The van der Waals surface area contributed by atoms with Crippen LogP contribution in [-0.4, -0.2) is 40.8 Å². The normalized spacial score (nSPS) is 16.0. The Hall–Kier alpha value is -2.46. The highest BCUT2D eigenvalue weighted by molar-refractivity contribution is 5.92. The molecule has 4 rings (SSSR count). The number of likely N-dealkylation sites (tertiary alicyclic amines) is 1. The Bertz CT molecular complexity index is 1010. The number of aldehydes is 1. The van der Waals surface area contributed by atoms with Gasteiger partial charge in [0.05, 0.1) is 12.2 Å². The van der Waals surface area contributed by atoms with Crippen LogP contribution in [0.15, 0.2) is 30.3 Å². The summed E-state index contributed by atoms with van der Waals surface area (Å²) in [7, 11) is 0. The van der Waals surface area contributed by atoms with Crippen LogP contribution in [0.1, 0.15) is 61.0 Å². The Balaban J connectivity index is 1.73. The predicted molar refractivity (Wildman–Crippen MR) is 120 cm³/mol. The lowest BCUT2D eigenvalue weighted by Crippen LogP contribution is -2.34. The zero-order valence-corrected chi connectivity index (χ0v) is 18.0. The minimum Gasteiger partial charge on any atom is -0.354 e. The van der Waals surface area contributed by atoms with Gasteiger partial charge in [0.2, 0.25) is 0 Å². The average Bonchev–Trinajstić information content (AvgIpc) is 3.07. The number of carbonyl (C=O) groups excluding carboxylic acids is 1. The van der Waals surface area contributed by atoms with Crippen molar-refractivity contribution in [1.82, 2.24) is 14.9 Å². The van der Waals surface area contributed by atoms with E-state index in [1.807, 2.05) is 0 Å². The molecule has 3 heterocycles. The molecule has 0 saturated carbocycles. The summed E-state index contributed by atoms with van der Waals surface area (Å²) in [6.45, 7) is 11.2. The number of piperidine rings is 1. The minimum absolute atomic E-state index is 0.428. The molecule has 0 bridgehead atoms. The lowest BCUT2D eigenvalue weighted by Gasteiger charge is -2.30. The van der Waals surface area contributed by atoms with Crippen LogP contribution < -0.4 is 0 Å². The number of aryl methyl sites for hydroxylation is 2. The van der Waals surface area contributed by atoms with Crippen molar-refractivity contribution in [3.63, 3.8) is 0 Å². The van der Waals surface area contributed by atoms with Gasteiger partial charge in [0.25, 0.3) is 0 Å². The molecule has 2 aromatic heterocycles. The zero-order chi connectivity index (χ0) is 20.5. The Morgan fingerprint density at radius 2 is 1.83 bits per heavy atom. The number of fused-ring (bicyclic) bond motifs is 1. The molecule has 0 spiro atoms. The molecule has 0 atom stereocenters. The van der Waals surface area contributed by atoms with E-state index in [4.69, 9.17) is 0 Å². The van der Waals surface area contributed by atoms with Gasteiger partial charge in [-0.05, 0) is 87.0 Å². The number of aromatic amines is 1. The number of hydrogen-bond acceptors (Lipinski definition) is 3. The molecule has 1 aliphatic rings. The standard InChI is InChI=1S/C25H31N3O/c1-16(2)24-22-15-20(19-7-9-28(10-8-19)11-12-29)5-6-23(22)27-25(24)21-13-17(3)26-18(4)14-21/h5-6,12-16,19,27H,7-11H2,1-4H3. The molecule has 0 radical (unpaired) electrons. The molecule has 29 heavy (non-hydrogen) atoms. The first-order valence-corrected chi connectivity index (χ1v) is 10.7. The summed E-state index contributed by atoms with van der Waals surface area (Å²) in [4.78, 5) is 21.3. The van der Waals surface area contributed by atoms with Crippen molar-refractivity contribution in [3.8, 4) is 11.3 Å². The number of H-pyrrole nitrogens is 1. The van der Waals surface area contributed by atoms with Crippen molar-refractivity contribution in [2.45, 2.75) is 52.4 Å². The van der Waals surface area contributed by atoms with Crippen molar-refractivity contribution in [1.29, 1.82) is 0 Å². The number of benzene rings is 1. The molecule has 0 aliphatic carbocycles. The second-order valence-electron chi connectivity index (χ2n) is 8.75. The highest BCUT2D eigenvalue weighted by atomic mass is 16.1. The largest absolute Gasteiger partial charge is 0.354 e. The summed E-state index contributed by atoms with van der Waals surface area (Å²) >= 11 is 0. The van der Waals surface area contributed by atoms with E-state index in [0.717, 1.165) is 43.6 Å². The predicted octanol–water partition coefficient (Wildman–Crippen LogP) is 5.35. The van der Waals surface area contributed by atoms with Gasteiger partial charge in [-0.15, -0.1) is 0 Å². The maximum atomic E-state index is 10.8. The van der Waals surface area contributed by atoms with Crippen molar-refractivity contribution in [3.05, 3.63) is 52.8 Å². The van der Waals surface area contributed by atoms with Gasteiger partial charge in [-0.3, -0.25) is 9.88 Å². The first kappa shape index (κ1) is 19.8. The maximum absolute atomic E-state index is 10.8. The molecule has 0 amide bonds. The van der Waals surface area contributed by atoms with Crippen LogP contribution >= 0.6 is 0 Å². The SMILES string of the molecule is Cc1cc(-c2[nH]c3ccc(C4CCN(CC=O)CC4)cc3c2C(C)C)cc(C)n1. The van der Waals surface area contributed by atoms with Gasteiger partial charge in [-0.25, -0.2) is 0 Å². The van der Waals surface area contributed by atoms with Crippen molar-refractivity contribution in [2.24, 2.45) is 0 Å². The molecule has 1 saturated heterocycles. The molecule has 1 N–H and O–H groups in total. The van der Waals surface area contributed by atoms with Crippen LogP contribution in [-0.2, 0) is 4.79 Å². The molecule has 152 valence electrons. The molecule has 4 nitrogen and oxygen atoms in total. The van der Waals surface area contributed by atoms with Gasteiger partial charge in [0.1, 0.15) is 6.29 Å². The van der Waals surface area contributed by atoms with Gasteiger partial charge < -0.3 is 9.78 Å². The first-order chi connectivity index (χ1) is 14.0. The third-order valence-electron chi connectivity index (χ3n) is 6.20. The molecular formula is C25H31N3O. The summed E-state index contributed by atoms with van der Waals surface area (Å²) in [5, 5.41) is 1.34. The lowest BCUT2D eigenvalue weighted by atomic mass is 9.87. The zero-order valence-electron chi connectivity index (χ0n) is 18.0. The average molecular weight is 390 g/mol. The first-order valence-electron chi connectivity index (χ1n) is 10.7. The molecule has 4 heteroatoms. The highest BCUT2D eigenvalue weighted by Gasteiger charge is 2.22. The van der Waals surface area contributed by atoms with Crippen LogP contribution in [0.5, 0.6) is 0 Å². The van der Waals surface area contributed by atoms with E-state index in [1.165, 1.54) is 33.3 Å². The Morgan fingerprint density at radius 3 is 2.45 bits per heavy atom. The van der Waals surface area contributed by atoms with E-state index in [2.05, 4.69) is 72.9 Å². The van der Waals surface area contributed by atoms with Crippen molar-refractivity contribution in [2.75, 3.05) is 19.6 Å². The van der Waals surface area contributed by atoms with Gasteiger partial charge in [0, 0.05) is 27.9 Å². The van der Waals surface area contributed by atoms with Gasteiger partial charge >= 0.3 is 0 Å². The van der Waals surface area contributed by atoms with Crippen LogP contribution in [0.3, 0.4) is 0 Å². The number of aromatic nitrogens is 2. The summed E-state index contributed by atoms with van der Waals surface area (Å²) in [5.41, 5.74) is 8.58. The fourth-order valence-corrected chi connectivity index (χ4v) is 4.84. The van der Waals surface area contributed by atoms with E-state index >= 15 is 0 Å². The minimum atomic E-state index is 0.428. The molecule has 1 aliphatic heterocycles. The number of pyridine rings is 1. The second kappa shape index (κ2) is 8.11. The fourth-order valence-electron chi connectivity index (χ4n) is 4.84. The monoisotopic (exact) mass is 389 g/mol. The summed E-state index contributed by atoms with van der Waals surface area (Å²) in [6.07, 6.45) is 3.26. The maximum Gasteiger partial charge on any atom is 0.133 e. The van der Waals surface area contributed by atoms with E-state index in [1.54, 1.807) is 0 Å². The lowest BCUT2D eigenvalue weighted by molar-refractivity contribution is -0.109. The van der Waals surface area contributed by atoms with Crippen LogP contribution in [0, 0.1) is 13.8 Å². The van der Waals surface area contributed by atoms with Crippen LogP contribution in [0.25, 0.3) is 22.2 Å². The van der Waals surface area contributed by atoms with E-state index in [-0.39, 0.29) is 0 Å². The molecule has 0 unspecified atom stereocenters. The third-order valence-corrected chi connectivity index (χ3v) is 6.20. The summed E-state index contributed by atoms with van der Waals surface area (Å²) in [6, 6.07) is 11.3. The highest BCUT2D eigenvalue weighted by Crippen LogP contribution is 2.38. The van der Waals surface area contributed by atoms with Crippen LogP contribution in [0.2, 0.25) is 0 Å². The van der Waals surface area contributed by atoms with Crippen molar-refractivity contribution < 1.29 is 4.79 Å². The Labute approximate surface area is 173 Å².